The molecule has 3 aromatic rings. The summed E-state index contributed by atoms with van der Waals surface area (Å²) in [6, 6.07) is 7.48. The number of nitrogens with zero attached hydrogens (tertiary/aromatic N) is 5. The average Bonchev–Trinajstić information content (AvgIpc) is 3.60. The molecule has 1 saturated heterocycles. The Bertz CT molecular complexity index is 1460. The highest BCUT2D eigenvalue weighted by molar-refractivity contribution is 6.07. The van der Waals surface area contributed by atoms with Gasteiger partial charge in [-0.05, 0) is 78.7 Å². The number of hydrogen-bond acceptors (Lipinski definition) is 6. The number of aryl methyl sites for hydroxylation is 1. The summed E-state index contributed by atoms with van der Waals surface area (Å²) in [6.07, 6.45) is 6.42. The topological polar surface area (TPSA) is 93.4 Å². The van der Waals surface area contributed by atoms with Gasteiger partial charge in [-0.3, -0.25) is 9.78 Å². The molecule has 1 aliphatic heterocycles. The number of carbonyl (C=O) groups excluding carboxylic acids is 1. The van der Waals surface area contributed by atoms with E-state index in [1.807, 2.05) is 47.0 Å². The van der Waals surface area contributed by atoms with Gasteiger partial charge in [-0.15, -0.1) is 5.10 Å². The van der Waals surface area contributed by atoms with Crippen molar-refractivity contribution in [3.8, 4) is 0 Å². The lowest BCUT2D eigenvalue weighted by atomic mass is 9.56. The van der Waals surface area contributed by atoms with Crippen LogP contribution in [0.1, 0.15) is 40.5 Å². The monoisotopic (exact) mass is 497 g/mol. The van der Waals surface area contributed by atoms with Crippen molar-refractivity contribution in [3.05, 3.63) is 53.5 Å². The maximum Gasteiger partial charge on any atom is 0.255 e. The highest BCUT2D eigenvalue weighted by Gasteiger charge is 2.84. The molecule has 1 aromatic carbocycles. The summed E-state index contributed by atoms with van der Waals surface area (Å²) in [5.74, 6) is 5.59. The SMILES string of the molecule is Cc1cnc2ccccc2c1C(=O)N1CCOCC1c1cn(CC2(O)C3C4CC5C6C4CC3C6C52)nn1. The molecule has 10 atom stereocenters. The van der Waals surface area contributed by atoms with Crippen LogP contribution in [0.4, 0.5) is 0 Å². The quantitative estimate of drug-likeness (QED) is 0.596. The predicted molar refractivity (Wildman–Crippen MR) is 133 cm³/mol. The Kier molecular flexibility index (Phi) is 3.98. The highest BCUT2D eigenvalue weighted by Crippen LogP contribution is 2.85. The predicted octanol–water partition coefficient (Wildman–Crippen LogP) is 2.86. The van der Waals surface area contributed by atoms with Gasteiger partial charge in [0.2, 0.25) is 0 Å². The molecule has 3 heterocycles. The fourth-order valence-electron chi connectivity index (χ4n) is 10.5. The number of pyridine rings is 1. The summed E-state index contributed by atoms with van der Waals surface area (Å²) < 4.78 is 7.67. The number of aromatic nitrogens is 4. The Morgan fingerprint density at radius 1 is 1.14 bits per heavy atom. The number of aliphatic hydroxyl groups is 1. The molecule has 0 spiro atoms. The molecular formula is C29H31N5O3. The van der Waals surface area contributed by atoms with Crippen LogP contribution < -0.4 is 0 Å². The fraction of sp³-hybridized carbons (Fsp3) is 0.586. The van der Waals surface area contributed by atoms with Crippen molar-refractivity contribution in [3.63, 3.8) is 0 Å². The fourth-order valence-corrected chi connectivity index (χ4v) is 10.5. The normalized spacial score (nSPS) is 42.2. The minimum atomic E-state index is -0.652. The van der Waals surface area contributed by atoms with E-state index in [0.29, 0.717) is 43.7 Å². The van der Waals surface area contributed by atoms with Crippen molar-refractivity contribution in [2.24, 2.45) is 47.3 Å². The zero-order valence-corrected chi connectivity index (χ0v) is 20.9. The third kappa shape index (κ3) is 2.47. The lowest BCUT2D eigenvalue weighted by Crippen LogP contribution is -2.56. The molecule has 10 unspecified atom stereocenters. The van der Waals surface area contributed by atoms with Crippen LogP contribution in [0, 0.1) is 54.3 Å². The minimum absolute atomic E-state index is 0.0254. The molecule has 5 saturated carbocycles. The van der Waals surface area contributed by atoms with Crippen LogP contribution >= 0.6 is 0 Å². The number of carbonyl (C=O) groups is 1. The number of para-hydroxylation sites is 1. The molecule has 5 aliphatic carbocycles. The van der Waals surface area contributed by atoms with Crippen LogP contribution in [0.3, 0.4) is 0 Å². The van der Waals surface area contributed by atoms with Gasteiger partial charge < -0.3 is 14.7 Å². The third-order valence-corrected chi connectivity index (χ3v) is 11.4. The van der Waals surface area contributed by atoms with Gasteiger partial charge in [0.15, 0.2) is 0 Å². The standard InChI is InChI=1S/C29H31N5O3/c1-14-10-30-20-5-3-2-4-15(20)23(14)28(35)34-6-7-37-12-22(34)21-11-33(32-31-21)13-29(36)26-17-9-18-24-16(17)8-19(26)25(24)27(18)29/h2-5,10-11,16-19,22,24-27,36H,6-9,12-13H2,1H3. The van der Waals surface area contributed by atoms with E-state index in [-0.39, 0.29) is 11.9 Å². The van der Waals surface area contributed by atoms with E-state index >= 15 is 0 Å². The van der Waals surface area contributed by atoms with Gasteiger partial charge in [0.25, 0.3) is 5.91 Å². The lowest BCUT2D eigenvalue weighted by Gasteiger charge is -2.51. The first kappa shape index (κ1) is 21.1. The second kappa shape index (κ2) is 6.97. The van der Waals surface area contributed by atoms with Gasteiger partial charge in [0.1, 0.15) is 11.7 Å². The largest absolute Gasteiger partial charge is 0.387 e. The average molecular weight is 498 g/mol. The molecule has 0 radical (unpaired) electrons. The van der Waals surface area contributed by atoms with Gasteiger partial charge in [0.05, 0.1) is 42.6 Å². The Balaban J connectivity index is 1.02. The first-order chi connectivity index (χ1) is 18.0. The molecule has 9 rings (SSSR count). The molecule has 2 aromatic heterocycles. The molecule has 1 amide bonds. The van der Waals surface area contributed by atoms with Crippen molar-refractivity contribution in [1.82, 2.24) is 24.9 Å². The number of ether oxygens (including phenoxy) is 1. The summed E-state index contributed by atoms with van der Waals surface area (Å²) in [6.45, 7) is 3.84. The van der Waals surface area contributed by atoms with Crippen LogP contribution in [0.2, 0.25) is 0 Å². The second-order valence-electron chi connectivity index (χ2n) is 12.6. The van der Waals surface area contributed by atoms with Crippen LogP contribution in [0.5, 0.6) is 0 Å². The Labute approximate surface area is 215 Å². The molecule has 6 aliphatic rings. The van der Waals surface area contributed by atoms with Crippen molar-refractivity contribution in [1.29, 1.82) is 0 Å². The maximum absolute atomic E-state index is 14.0. The van der Waals surface area contributed by atoms with E-state index in [1.165, 1.54) is 12.8 Å². The van der Waals surface area contributed by atoms with E-state index in [0.717, 1.165) is 57.7 Å². The van der Waals surface area contributed by atoms with Crippen LogP contribution in [0.15, 0.2) is 36.7 Å². The summed E-state index contributed by atoms with van der Waals surface area (Å²) in [5, 5.41) is 21.9. The molecule has 8 heteroatoms. The Hall–Kier alpha value is -2.84. The summed E-state index contributed by atoms with van der Waals surface area (Å²) in [4.78, 5) is 20.3. The third-order valence-electron chi connectivity index (χ3n) is 11.4. The Morgan fingerprint density at radius 2 is 1.97 bits per heavy atom. The number of benzene rings is 1. The van der Waals surface area contributed by atoms with E-state index < -0.39 is 5.60 Å². The van der Waals surface area contributed by atoms with E-state index in [1.54, 1.807) is 6.20 Å². The van der Waals surface area contributed by atoms with Crippen molar-refractivity contribution < 1.29 is 14.6 Å². The van der Waals surface area contributed by atoms with Crippen molar-refractivity contribution in [2.75, 3.05) is 19.8 Å². The van der Waals surface area contributed by atoms with E-state index in [2.05, 4.69) is 15.3 Å². The lowest BCUT2D eigenvalue weighted by molar-refractivity contribution is -0.140. The molecule has 1 N–H and O–H groups in total. The molecule has 6 fully saturated rings. The van der Waals surface area contributed by atoms with Gasteiger partial charge in [-0.25, -0.2) is 4.68 Å². The van der Waals surface area contributed by atoms with Crippen LogP contribution in [-0.2, 0) is 11.3 Å². The zero-order valence-electron chi connectivity index (χ0n) is 20.9. The molecule has 8 nitrogen and oxygen atoms in total. The summed E-state index contributed by atoms with van der Waals surface area (Å²) >= 11 is 0. The number of rotatable bonds is 4. The minimum Gasteiger partial charge on any atom is -0.387 e. The number of amides is 1. The molecule has 190 valence electrons. The van der Waals surface area contributed by atoms with Crippen molar-refractivity contribution >= 4 is 16.8 Å². The van der Waals surface area contributed by atoms with Gasteiger partial charge in [-0.2, -0.15) is 0 Å². The second-order valence-corrected chi connectivity index (χ2v) is 12.6. The van der Waals surface area contributed by atoms with Gasteiger partial charge in [-0.1, -0.05) is 23.4 Å². The Morgan fingerprint density at radius 3 is 2.89 bits per heavy atom. The van der Waals surface area contributed by atoms with E-state index in [4.69, 9.17) is 4.74 Å². The molecule has 2 bridgehead atoms. The highest BCUT2D eigenvalue weighted by atomic mass is 16.5. The van der Waals surface area contributed by atoms with Crippen LogP contribution in [-0.4, -0.2) is 61.3 Å². The number of morpholine rings is 1. The number of fused-ring (bicyclic) bond motifs is 3. The van der Waals surface area contributed by atoms with Crippen molar-refractivity contribution in [2.45, 2.75) is 38.0 Å². The van der Waals surface area contributed by atoms with Gasteiger partial charge >= 0.3 is 0 Å². The maximum atomic E-state index is 14.0. The first-order valence-electron chi connectivity index (χ1n) is 13.9. The zero-order chi connectivity index (χ0) is 24.6. The first-order valence-corrected chi connectivity index (χ1v) is 13.9. The van der Waals surface area contributed by atoms with Gasteiger partial charge in [0, 0.05) is 18.1 Å². The number of hydrogen-bond donors (Lipinski definition) is 1. The summed E-state index contributed by atoms with van der Waals surface area (Å²) in [7, 11) is 0. The molecular weight excluding hydrogens is 466 g/mol. The molecule has 37 heavy (non-hydrogen) atoms. The summed E-state index contributed by atoms with van der Waals surface area (Å²) in [5.41, 5.74) is 2.45. The van der Waals surface area contributed by atoms with E-state index in [9.17, 15) is 9.90 Å². The smallest absolute Gasteiger partial charge is 0.255 e. The van der Waals surface area contributed by atoms with Crippen LogP contribution in [0.25, 0.3) is 10.9 Å².